The minimum atomic E-state index is -0.378. The Morgan fingerprint density at radius 3 is 2.00 bits per heavy atom. The van der Waals surface area contributed by atoms with Gasteiger partial charge in [0.05, 0.1) is 16.8 Å². The molecule has 0 spiro atoms. The second kappa shape index (κ2) is 6.53. The first-order valence-corrected chi connectivity index (χ1v) is 8.49. The number of carbonyl (C=O) groups excluding carboxylic acids is 3. The highest BCUT2D eigenvalue weighted by atomic mass is 16.2. The number of anilines is 2. The predicted octanol–water partition coefficient (Wildman–Crippen LogP) is 3.76. The number of carbonyl (C=O) groups is 3. The highest BCUT2D eigenvalue weighted by molar-refractivity contribution is 6.34. The van der Waals surface area contributed by atoms with Crippen molar-refractivity contribution in [3.8, 4) is 0 Å². The Hall–Kier alpha value is -3.73. The van der Waals surface area contributed by atoms with Crippen LogP contribution < -0.4 is 9.80 Å². The summed E-state index contributed by atoms with van der Waals surface area (Å²) in [6.45, 7) is 0. The minimum absolute atomic E-state index is 0.223. The van der Waals surface area contributed by atoms with Crippen LogP contribution >= 0.6 is 0 Å². The molecule has 1 aliphatic heterocycles. The summed E-state index contributed by atoms with van der Waals surface area (Å²) in [4.78, 5) is 40.8. The van der Waals surface area contributed by atoms with E-state index in [9.17, 15) is 14.4 Å². The Labute approximate surface area is 156 Å². The first kappa shape index (κ1) is 16.7. The van der Waals surface area contributed by atoms with E-state index >= 15 is 0 Å². The SMILES string of the molecule is CN(C(=O)c1cccc(N2C(=O)c3ccccc3C2=O)c1)c1ccccc1. The van der Waals surface area contributed by atoms with E-state index in [1.807, 2.05) is 30.3 Å². The Kier molecular flexibility index (Phi) is 4.05. The number of rotatable bonds is 3. The molecule has 0 bridgehead atoms. The number of imide groups is 1. The largest absolute Gasteiger partial charge is 0.311 e. The van der Waals surface area contributed by atoms with E-state index in [4.69, 9.17) is 0 Å². The second-order valence-electron chi connectivity index (χ2n) is 6.24. The minimum Gasteiger partial charge on any atom is -0.311 e. The zero-order chi connectivity index (χ0) is 19.0. The van der Waals surface area contributed by atoms with Crippen molar-refractivity contribution in [3.63, 3.8) is 0 Å². The van der Waals surface area contributed by atoms with Gasteiger partial charge in [-0.1, -0.05) is 36.4 Å². The molecule has 132 valence electrons. The van der Waals surface area contributed by atoms with Gasteiger partial charge in [0.1, 0.15) is 0 Å². The Balaban J connectivity index is 1.67. The number of hydrogen-bond acceptors (Lipinski definition) is 3. The summed E-state index contributed by atoms with van der Waals surface area (Å²) in [5, 5.41) is 0. The number of fused-ring (bicyclic) bond motifs is 1. The average molecular weight is 356 g/mol. The Morgan fingerprint density at radius 2 is 1.37 bits per heavy atom. The fourth-order valence-corrected chi connectivity index (χ4v) is 3.16. The molecule has 0 radical (unpaired) electrons. The van der Waals surface area contributed by atoms with Gasteiger partial charge < -0.3 is 4.90 Å². The topological polar surface area (TPSA) is 57.7 Å². The molecule has 1 aliphatic rings. The quantitative estimate of drug-likeness (QED) is 0.672. The van der Waals surface area contributed by atoms with Crippen LogP contribution in [-0.2, 0) is 0 Å². The number of benzene rings is 3. The van der Waals surface area contributed by atoms with Crippen LogP contribution in [0.3, 0.4) is 0 Å². The van der Waals surface area contributed by atoms with Gasteiger partial charge in [0, 0.05) is 18.3 Å². The van der Waals surface area contributed by atoms with Crippen molar-refractivity contribution < 1.29 is 14.4 Å². The van der Waals surface area contributed by atoms with Crippen LogP contribution in [0.4, 0.5) is 11.4 Å². The number of para-hydroxylation sites is 1. The normalized spacial score (nSPS) is 12.9. The zero-order valence-electron chi connectivity index (χ0n) is 14.6. The third-order valence-electron chi connectivity index (χ3n) is 4.59. The summed E-state index contributed by atoms with van der Waals surface area (Å²) in [5.74, 6) is -0.979. The van der Waals surface area contributed by atoms with Gasteiger partial charge in [0.15, 0.2) is 0 Å². The second-order valence-corrected chi connectivity index (χ2v) is 6.24. The standard InChI is InChI=1S/C22H16N2O3/c1-23(16-9-3-2-4-10-16)20(25)15-8-7-11-17(14-15)24-21(26)18-12-5-6-13-19(18)22(24)27/h2-14H,1H3. The summed E-state index contributed by atoms with van der Waals surface area (Å²) < 4.78 is 0. The molecule has 0 aromatic heterocycles. The molecule has 0 fully saturated rings. The van der Waals surface area contributed by atoms with Gasteiger partial charge in [-0.25, -0.2) is 4.90 Å². The smallest absolute Gasteiger partial charge is 0.266 e. The van der Waals surface area contributed by atoms with Crippen molar-refractivity contribution in [3.05, 3.63) is 95.6 Å². The van der Waals surface area contributed by atoms with Crippen molar-refractivity contribution in [1.82, 2.24) is 0 Å². The zero-order valence-corrected chi connectivity index (χ0v) is 14.6. The molecule has 5 heteroatoms. The molecule has 0 saturated carbocycles. The van der Waals surface area contributed by atoms with Crippen molar-refractivity contribution in [2.24, 2.45) is 0 Å². The molecule has 3 aromatic rings. The maximum absolute atomic E-state index is 12.8. The van der Waals surface area contributed by atoms with Crippen molar-refractivity contribution >= 4 is 29.1 Å². The van der Waals surface area contributed by atoms with Crippen LogP contribution in [0.5, 0.6) is 0 Å². The van der Waals surface area contributed by atoms with Crippen LogP contribution in [0.25, 0.3) is 0 Å². The van der Waals surface area contributed by atoms with Crippen LogP contribution in [0.1, 0.15) is 31.1 Å². The van der Waals surface area contributed by atoms with Gasteiger partial charge in [-0.2, -0.15) is 0 Å². The first-order valence-electron chi connectivity index (χ1n) is 8.49. The molecule has 27 heavy (non-hydrogen) atoms. The van der Waals surface area contributed by atoms with Crippen LogP contribution in [0.15, 0.2) is 78.9 Å². The summed E-state index contributed by atoms with van der Waals surface area (Å²) >= 11 is 0. The van der Waals surface area contributed by atoms with E-state index in [0.29, 0.717) is 22.4 Å². The lowest BCUT2D eigenvalue weighted by Gasteiger charge is -2.19. The lowest BCUT2D eigenvalue weighted by atomic mass is 10.1. The van der Waals surface area contributed by atoms with E-state index in [0.717, 1.165) is 10.6 Å². The van der Waals surface area contributed by atoms with Crippen molar-refractivity contribution in [2.45, 2.75) is 0 Å². The first-order chi connectivity index (χ1) is 13.1. The van der Waals surface area contributed by atoms with E-state index in [1.165, 1.54) is 4.90 Å². The van der Waals surface area contributed by atoms with E-state index in [-0.39, 0.29) is 17.7 Å². The molecule has 0 saturated heterocycles. The van der Waals surface area contributed by atoms with E-state index < -0.39 is 0 Å². The fraction of sp³-hybridized carbons (Fsp3) is 0.0455. The van der Waals surface area contributed by atoms with Gasteiger partial charge in [0.25, 0.3) is 17.7 Å². The van der Waals surface area contributed by atoms with Crippen LogP contribution in [-0.4, -0.2) is 24.8 Å². The summed E-state index contributed by atoms with van der Waals surface area (Å²) in [7, 11) is 1.69. The number of hydrogen-bond donors (Lipinski definition) is 0. The third kappa shape index (κ3) is 2.79. The molecule has 3 amide bonds. The van der Waals surface area contributed by atoms with Gasteiger partial charge in [-0.3, -0.25) is 14.4 Å². The highest BCUT2D eigenvalue weighted by Gasteiger charge is 2.36. The van der Waals surface area contributed by atoms with Gasteiger partial charge >= 0.3 is 0 Å². The number of nitrogens with zero attached hydrogens (tertiary/aromatic N) is 2. The van der Waals surface area contributed by atoms with Gasteiger partial charge in [-0.15, -0.1) is 0 Å². The average Bonchev–Trinajstić information content (AvgIpc) is 2.98. The monoisotopic (exact) mass is 356 g/mol. The van der Waals surface area contributed by atoms with Crippen molar-refractivity contribution in [1.29, 1.82) is 0 Å². The maximum atomic E-state index is 12.8. The molecule has 3 aromatic carbocycles. The molecule has 0 aliphatic carbocycles. The Morgan fingerprint density at radius 1 is 0.778 bits per heavy atom. The maximum Gasteiger partial charge on any atom is 0.266 e. The summed E-state index contributed by atoms with van der Waals surface area (Å²) in [6, 6.07) is 22.6. The fourth-order valence-electron chi connectivity index (χ4n) is 3.16. The lowest BCUT2D eigenvalue weighted by molar-refractivity contribution is 0.0923. The molecule has 4 rings (SSSR count). The molecule has 0 unspecified atom stereocenters. The van der Waals surface area contributed by atoms with Crippen LogP contribution in [0, 0.1) is 0 Å². The third-order valence-corrected chi connectivity index (χ3v) is 4.59. The van der Waals surface area contributed by atoms with E-state index in [1.54, 1.807) is 55.6 Å². The predicted molar refractivity (Wildman–Crippen MR) is 103 cm³/mol. The van der Waals surface area contributed by atoms with Gasteiger partial charge in [-0.05, 0) is 42.5 Å². The van der Waals surface area contributed by atoms with Crippen molar-refractivity contribution in [2.75, 3.05) is 16.8 Å². The Bertz CT molecular complexity index is 1020. The highest BCUT2D eigenvalue weighted by Crippen LogP contribution is 2.29. The van der Waals surface area contributed by atoms with E-state index in [2.05, 4.69) is 0 Å². The molecule has 0 atom stereocenters. The molecular formula is C22H16N2O3. The molecule has 0 N–H and O–H groups in total. The molecule has 1 heterocycles. The lowest BCUT2D eigenvalue weighted by Crippen LogP contribution is -2.30. The number of amides is 3. The molecule has 5 nitrogen and oxygen atoms in total. The van der Waals surface area contributed by atoms with Gasteiger partial charge in [0.2, 0.25) is 0 Å². The summed E-state index contributed by atoms with van der Waals surface area (Å²) in [6.07, 6.45) is 0. The van der Waals surface area contributed by atoms with Crippen LogP contribution in [0.2, 0.25) is 0 Å². The molecular weight excluding hydrogens is 340 g/mol. The summed E-state index contributed by atoms with van der Waals surface area (Å²) in [5.41, 5.74) is 2.29.